The van der Waals surface area contributed by atoms with Gasteiger partial charge in [-0.3, -0.25) is 0 Å². The average molecular weight is 139 g/mol. The summed E-state index contributed by atoms with van der Waals surface area (Å²) < 4.78 is 0. The minimum Gasteiger partial charge on any atom is -0.315 e. The summed E-state index contributed by atoms with van der Waals surface area (Å²) in [4.78, 5) is 0. The second-order valence-corrected chi connectivity index (χ2v) is 2.00. The van der Waals surface area contributed by atoms with Crippen LogP contribution in [-0.4, -0.2) is 24.4 Å². The van der Waals surface area contributed by atoms with E-state index in [9.17, 15) is 0 Å². The Kier molecular flexibility index (Phi) is 5.72. The fourth-order valence-corrected chi connectivity index (χ4v) is 0.385. The molecule has 0 unspecified atom stereocenters. The van der Waals surface area contributed by atoms with E-state index in [-0.39, 0.29) is 0 Å². The molecule has 56 valence electrons. The first-order chi connectivity index (χ1) is 4.73. The molecule has 0 fully saturated rings. The Bertz CT molecular complexity index is 110. The number of rotatable bonds is 0. The molecule has 0 heterocycles. The summed E-state index contributed by atoms with van der Waals surface area (Å²) in [7, 11) is 3.11. The van der Waals surface area contributed by atoms with Crippen molar-refractivity contribution in [3.63, 3.8) is 0 Å². The molecule has 10 heavy (non-hydrogen) atoms. The normalized spacial score (nSPS) is 8.40. The van der Waals surface area contributed by atoms with E-state index >= 15 is 0 Å². The van der Waals surface area contributed by atoms with Crippen molar-refractivity contribution in [2.75, 3.05) is 14.1 Å². The zero-order chi connectivity index (χ0) is 7.82. The first-order valence-electron chi connectivity index (χ1n) is 3.09. The first-order valence-corrected chi connectivity index (χ1v) is 3.09. The van der Waals surface area contributed by atoms with Crippen LogP contribution in [0.2, 0.25) is 0 Å². The van der Waals surface area contributed by atoms with Gasteiger partial charge >= 0.3 is 0 Å². The van der Waals surface area contributed by atoms with Gasteiger partial charge in [-0.2, -0.15) is 5.06 Å². The van der Waals surface area contributed by atoms with Gasteiger partial charge in [0.15, 0.2) is 0 Å². The zero-order valence-corrected chi connectivity index (χ0v) is 6.36. The number of hydrogen-bond acceptors (Lipinski definition) is 2. The third-order valence-corrected chi connectivity index (χ3v) is 0.667. The fraction of sp³-hybridized carbons (Fsp3) is 0.250. The van der Waals surface area contributed by atoms with Gasteiger partial charge < -0.3 is 5.21 Å². The molecule has 0 aliphatic rings. The van der Waals surface area contributed by atoms with Crippen molar-refractivity contribution in [1.29, 1.82) is 0 Å². The first kappa shape index (κ1) is 9.14. The molecular formula is C8H13NO. The van der Waals surface area contributed by atoms with Crippen LogP contribution in [0.3, 0.4) is 0 Å². The Morgan fingerprint density at radius 1 is 0.800 bits per heavy atom. The van der Waals surface area contributed by atoms with Gasteiger partial charge in [0.25, 0.3) is 0 Å². The second-order valence-electron chi connectivity index (χ2n) is 2.00. The maximum absolute atomic E-state index is 7.89. The molecule has 0 saturated carbocycles. The quantitative estimate of drug-likeness (QED) is 0.552. The number of benzene rings is 1. The minimum absolute atomic E-state index is 1.00. The van der Waals surface area contributed by atoms with Crippen molar-refractivity contribution in [3.8, 4) is 0 Å². The molecule has 1 N–H and O–H groups in total. The van der Waals surface area contributed by atoms with Crippen molar-refractivity contribution in [2.45, 2.75) is 0 Å². The molecule has 2 nitrogen and oxygen atoms in total. The van der Waals surface area contributed by atoms with Crippen LogP contribution in [0.25, 0.3) is 0 Å². The molecule has 2 heteroatoms. The van der Waals surface area contributed by atoms with Crippen molar-refractivity contribution in [3.05, 3.63) is 36.4 Å². The lowest BCUT2D eigenvalue weighted by atomic mass is 10.4. The van der Waals surface area contributed by atoms with Crippen molar-refractivity contribution in [1.82, 2.24) is 5.06 Å². The SMILES string of the molecule is CN(C)O.c1ccccc1. The summed E-state index contributed by atoms with van der Waals surface area (Å²) in [6.45, 7) is 0. The van der Waals surface area contributed by atoms with Gasteiger partial charge in [0, 0.05) is 14.1 Å². The van der Waals surface area contributed by atoms with E-state index in [4.69, 9.17) is 5.21 Å². The highest BCUT2D eigenvalue weighted by atomic mass is 16.5. The van der Waals surface area contributed by atoms with Gasteiger partial charge in [-0.15, -0.1) is 0 Å². The van der Waals surface area contributed by atoms with Gasteiger partial charge in [0.05, 0.1) is 0 Å². The molecule has 0 amide bonds. The maximum Gasteiger partial charge on any atom is 0.0121 e. The standard InChI is InChI=1S/C6H6.C2H7NO/c1-2-4-6-5-3-1;1-3(2)4/h1-6H;4H,1-2H3. The largest absolute Gasteiger partial charge is 0.315 e. The van der Waals surface area contributed by atoms with Gasteiger partial charge in [-0.25, -0.2) is 0 Å². The van der Waals surface area contributed by atoms with E-state index in [0.717, 1.165) is 5.06 Å². The molecular weight excluding hydrogens is 126 g/mol. The summed E-state index contributed by atoms with van der Waals surface area (Å²) in [6, 6.07) is 12.0. The molecule has 0 saturated heterocycles. The molecule has 0 aliphatic carbocycles. The van der Waals surface area contributed by atoms with Gasteiger partial charge in [-0.05, 0) is 0 Å². The molecule has 0 atom stereocenters. The van der Waals surface area contributed by atoms with Crippen LogP contribution in [0.15, 0.2) is 36.4 Å². The number of hydrogen-bond donors (Lipinski definition) is 1. The summed E-state index contributed by atoms with van der Waals surface area (Å²) >= 11 is 0. The predicted octanol–water partition coefficient (Wildman–Crippen LogP) is 1.62. The fourth-order valence-electron chi connectivity index (χ4n) is 0.385. The highest BCUT2D eigenvalue weighted by Gasteiger charge is 1.59. The smallest absolute Gasteiger partial charge is 0.0121 e. The Labute approximate surface area is 61.7 Å². The van der Waals surface area contributed by atoms with Crippen molar-refractivity contribution in [2.24, 2.45) is 0 Å². The lowest BCUT2D eigenvalue weighted by molar-refractivity contribution is -0.0372. The topological polar surface area (TPSA) is 23.5 Å². The van der Waals surface area contributed by atoms with Gasteiger partial charge in [0.1, 0.15) is 0 Å². The van der Waals surface area contributed by atoms with E-state index in [1.807, 2.05) is 36.4 Å². The second kappa shape index (κ2) is 6.26. The Morgan fingerprint density at radius 2 is 0.900 bits per heavy atom. The molecule has 0 radical (unpaired) electrons. The summed E-state index contributed by atoms with van der Waals surface area (Å²) in [5, 5.41) is 8.89. The number of hydroxylamine groups is 2. The molecule has 1 rings (SSSR count). The monoisotopic (exact) mass is 139 g/mol. The average Bonchev–Trinajstić information content (AvgIpc) is 1.90. The summed E-state index contributed by atoms with van der Waals surface area (Å²) in [5.41, 5.74) is 0. The highest BCUT2D eigenvalue weighted by molar-refractivity contribution is 4.99. The lowest BCUT2D eigenvalue weighted by Gasteiger charge is -1.89. The van der Waals surface area contributed by atoms with Crippen LogP contribution in [0.1, 0.15) is 0 Å². The minimum atomic E-state index is 1.00. The molecule has 0 bridgehead atoms. The Hall–Kier alpha value is -0.860. The molecule has 0 spiro atoms. The van der Waals surface area contributed by atoms with Gasteiger partial charge in [0.2, 0.25) is 0 Å². The molecule has 0 aliphatic heterocycles. The van der Waals surface area contributed by atoms with E-state index in [1.54, 1.807) is 14.1 Å². The van der Waals surface area contributed by atoms with Crippen molar-refractivity contribution >= 4 is 0 Å². The molecule has 1 aromatic carbocycles. The zero-order valence-electron chi connectivity index (χ0n) is 6.36. The van der Waals surface area contributed by atoms with Crippen LogP contribution >= 0.6 is 0 Å². The highest BCUT2D eigenvalue weighted by Crippen LogP contribution is 1.79. The van der Waals surface area contributed by atoms with Crippen LogP contribution in [0, 0.1) is 0 Å². The van der Waals surface area contributed by atoms with E-state index in [0.29, 0.717) is 0 Å². The van der Waals surface area contributed by atoms with Crippen LogP contribution in [0.5, 0.6) is 0 Å². The summed E-state index contributed by atoms with van der Waals surface area (Å²) in [6.07, 6.45) is 0. The van der Waals surface area contributed by atoms with E-state index in [2.05, 4.69) is 0 Å². The maximum atomic E-state index is 7.89. The van der Waals surface area contributed by atoms with E-state index in [1.165, 1.54) is 0 Å². The van der Waals surface area contributed by atoms with E-state index < -0.39 is 0 Å². The van der Waals surface area contributed by atoms with Crippen LogP contribution < -0.4 is 0 Å². The third kappa shape index (κ3) is 10.2. The van der Waals surface area contributed by atoms with Crippen LogP contribution in [-0.2, 0) is 0 Å². The summed E-state index contributed by atoms with van der Waals surface area (Å²) in [5.74, 6) is 0. The van der Waals surface area contributed by atoms with Gasteiger partial charge in [-0.1, -0.05) is 36.4 Å². The Morgan fingerprint density at radius 3 is 1.00 bits per heavy atom. The third-order valence-electron chi connectivity index (χ3n) is 0.667. The number of nitrogens with zero attached hydrogens (tertiary/aromatic N) is 1. The Balaban J connectivity index is 0.000000180. The van der Waals surface area contributed by atoms with Crippen LogP contribution in [0.4, 0.5) is 0 Å². The lowest BCUT2D eigenvalue weighted by Crippen LogP contribution is -2.01. The van der Waals surface area contributed by atoms with Crippen molar-refractivity contribution < 1.29 is 5.21 Å². The predicted molar refractivity (Wildman–Crippen MR) is 41.9 cm³/mol. The molecule has 0 aromatic heterocycles. The molecule has 1 aromatic rings.